The molecule has 1 aliphatic rings. The number of morpholine rings is 1. The molecule has 94 valence electrons. The van der Waals surface area contributed by atoms with Crippen LogP contribution in [-0.2, 0) is 9.53 Å². The first-order valence-corrected chi connectivity index (χ1v) is 5.96. The molecule has 1 aromatic carbocycles. The molecule has 4 heteroatoms. The van der Waals surface area contributed by atoms with Gasteiger partial charge < -0.3 is 15.0 Å². The highest BCUT2D eigenvalue weighted by atomic mass is 16.5. The van der Waals surface area contributed by atoms with Gasteiger partial charge >= 0.3 is 0 Å². The number of nitrogens with zero attached hydrogens (tertiary/aromatic N) is 1. The highest BCUT2D eigenvalue weighted by Crippen LogP contribution is 2.09. The molecule has 0 aliphatic carbocycles. The van der Waals surface area contributed by atoms with Gasteiger partial charge in [0.2, 0.25) is 5.91 Å². The lowest BCUT2D eigenvalue weighted by Crippen LogP contribution is -2.32. The fourth-order valence-corrected chi connectivity index (χ4v) is 1.70. The van der Waals surface area contributed by atoms with Gasteiger partial charge in [0, 0.05) is 37.3 Å². The van der Waals surface area contributed by atoms with Crippen molar-refractivity contribution in [1.29, 1.82) is 0 Å². The standard InChI is InChI=1S/C14H16N2O2/c1-12(17)15-14-4-2-3-13(11-14)5-6-16-7-9-18-10-8-16/h2-4,11H,7-10H2,1H3,(H,15,17). The summed E-state index contributed by atoms with van der Waals surface area (Å²) in [7, 11) is 0. The molecule has 0 saturated carbocycles. The fourth-order valence-electron chi connectivity index (χ4n) is 1.70. The van der Waals surface area contributed by atoms with E-state index in [4.69, 9.17) is 4.74 Å². The van der Waals surface area contributed by atoms with Crippen LogP contribution in [0.3, 0.4) is 0 Å². The predicted molar refractivity (Wildman–Crippen MR) is 70.0 cm³/mol. The first-order chi connectivity index (χ1) is 8.74. The summed E-state index contributed by atoms with van der Waals surface area (Å²) < 4.78 is 5.26. The molecule has 0 atom stereocenters. The molecule has 1 saturated heterocycles. The molecule has 1 aliphatic heterocycles. The van der Waals surface area contributed by atoms with Crippen molar-refractivity contribution in [2.75, 3.05) is 31.6 Å². The van der Waals surface area contributed by atoms with Crippen molar-refractivity contribution in [2.45, 2.75) is 6.92 Å². The van der Waals surface area contributed by atoms with Crippen molar-refractivity contribution in [2.24, 2.45) is 0 Å². The molecule has 0 spiro atoms. The van der Waals surface area contributed by atoms with E-state index in [2.05, 4.69) is 22.2 Å². The third-order valence-electron chi connectivity index (χ3n) is 2.55. The number of ether oxygens (including phenoxy) is 1. The maximum absolute atomic E-state index is 11.0. The molecule has 2 rings (SSSR count). The molecular formula is C14H16N2O2. The van der Waals surface area contributed by atoms with Crippen molar-refractivity contribution in [3.8, 4) is 12.0 Å². The zero-order chi connectivity index (χ0) is 12.8. The van der Waals surface area contributed by atoms with Gasteiger partial charge in [0.05, 0.1) is 13.2 Å². The maximum atomic E-state index is 11.0. The van der Waals surface area contributed by atoms with E-state index in [1.165, 1.54) is 6.92 Å². The minimum atomic E-state index is -0.0757. The average molecular weight is 244 g/mol. The van der Waals surface area contributed by atoms with Crippen molar-refractivity contribution < 1.29 is 9.53 Å². The molecule has 1 fully saturated rings. The van der Waals surface area contributed by atoms with Gasteiger partial charge in [0.1, 0.15) is 0 Å². The molecule has 1 aromatic rings. The number of anilines is 1. The quantitative estimate of drug-likeness (QED) is 0.757. The Morgan fingerprint density at radius 1 is 1.39 bits per heavy atom. The summed E-state index contributed by atoms with van der Waals surface area (Å²) >= 11 is 0. The van der Waals surface area contributed by atoms with E-state index in [-0.39, 0.29) is 5.91 Å². The van der Waals surface area contributed by atoms with Crippen LogP contribution in [-0.4, -0.2) is 37.1 Å². The molecule has 1 N–H and O–H groups in total. The second kappa shape index (κ2) is 6.08. The SMILES string of the molecule is CC(=O)Nc1cccc(C#CN2CCOCC2)c1. The molecular weight excluding hydrogens is 228 g/mol. The maximum Gasteiger partial charge on any atom is 0.221 e. The van der Waals surface area contributed by atoms with Gasteiger partial charge in [-0.2, -0.15) is 0 Å². The molecule has 4 nitrogen and oxygen atoms in total. The number of hydrogen-bond donors (Lipinski definition) is 1. The lowest BCUT2D eigenvalue weighted by molar-refractivity contribution is -0.114. The molecule has 0 aromatic heterocycles. The number of hydrogen-bond acceptors (Lipinski definition) is 3. The monoisotopic (exact) mass is 244 g/mol. The largest absolute Gasteiger partial charge is 0.378 e. The molecule has 0 radical (unpaired) electrons. The van der Waals surface area contributed by atoms with E-state index in [0.717, 1.165) is 37.6 Å². The number of amides is 1. The number of rotatable bonds is 1. The second-order valence-electron chi connectivity index (χ2n) is 4.10. The lowest BCUT2D eigenvalue weighted by atomic mass is 10.2. The summed E-state index contributed by atoms with van der Waals surface area (Å²) in [5, 5.41) is 2.74. The Morgan fingerprint density at radius 2 is 2.17 bits per heavy atom. The first-order valence-electron chi connectivity index (χ1n) is 5.96. The van der Waals surface area contributed by atoms with Crippen LogP contribution in [0.1, 0.15) is 12.5 Å². The normalized spacial score (nSPS) is 14.6. The fraction of sp³-hybridized carbons (Fsp3) is 0.357. The van der Waals surface area contributed by atoms with Gasteiger partial charge in [-0.25, -0.2) is 0 Å². The summed E-state index contributed by atoms with van der Waals surface area (Å²) in [5.74, 6) is 3.02. The van der Waals surface area contributed by atoms with Crippen molar-refractivity contribution >= 4 is 11.6 Å². The number of benzene rings is 1. The van der Waals surface area contributed by atoms with Gasteiger partial charge in [-0.3, -0.25) is 4.79 Å². The summed E-state index contributed by atoms with van der Waals surface area (Å²) in [4.78, 5) is 13.0. The van der Waals surface area contributed by atoms with Crippen LogP contribution in [0.15, 0.2) is 24.3 Å². The van der Waals surface area contributed by atoms with Crippen LogP contribution in [0, 0.1) is 12.0 Å². The summed E-state index contributed by atoms with van der Waals surface area (Å²) in [6.45, 7) is 4.66. The van der Waals surface area contributed by atoms with Crippen LogP contribution in [0.2, 0.25) is 0 Å². The highest BCUT2D eigenvalue weighted by molar-refractivity contribution is 5.88. The van der Waals surface area contributed by atoms with E-state index < -0.39 is 0 Å². The molecule has 0 bridgehead atoms. The molecule has 18 heavy (non-hydrogen) atoms. The van der Waals surface area contributed by atoms with E-state index in [1.807, 2.05) is 24.3 Å². The van der Waals surface area contributed by atoms with Gasteiger partial charge in [-0.05, 0) is 24.1 Å². The Balaban J connectivity index is 2.04. The van der Waals surface area contributed by atoms with Crippen molar-refractivity contribution in [1.82, 2.24) is 4.90 Å². The molecule has 1 heterocycles. The predicted octanol–water partition coefficient (Wildman–Crippen LogP) is 1.29. The number of carbonyl (C=O) groups is 1. The minimum absolute atomic E-state index is 0.0757. The third-order valence-corrected chi connectivity index (χ3v) is 2.55. The number of carbonyl (C=O) groups excluding carboxylic acids is 1. The number of nitrogens with one attached hydrogen (secondary N) is 1. The minimum Gasteiger partial charge on any atom is -0.378 e. The van der Waals surface area contributed by atoms with Gasteiger partial charge in [0.25, 0.3) is 0 Å². The van der Waals surface area contributed by atoms with E-state index >= 15 is 0 Å². The molecule has 1 amide bonds. The van der Waals surface area contributed by atoms with Gasteiger partial charge in [-0.15, -0.1) is 0 Å². The van der Waals surface area contributed by atoms with E-state index in [1.54, 1.807) is 0 Å². The summed E-state index contributed by atoms with van der Waals surface area (Å²) in [6, 6.07) is 10.6. The Morgan fingerprint density at radius 3 is 2.89 bits per heavy atom. The van der Waals surface area contributed by atoms with Crippen molar-refractivity contribution in [3.63, 3.8) is 0 Å². The topological polar surface area (TPSA) is 41.6 Å². The van der Waals surface area contributed by atoms with Gasteiger partial charge in [0.15, 0.2) is 0 Å². The van der Waals surface area contributed by atoms with Crippen LogP contribution >= 0.6 is 0 Å². The smallest absolute Gasteiger partial charge is 0.221 e. The molecule has 0 unspecified atom stereocenters. The third kappa shape index (κ3) is 3.79. The van der Waals surface area contributed by atoms with E-state index in [0.29, 0.717) is 0 Å². The van der Waals surface area contributed by atoms with Crippen LogP contribution in [0.4, 0.5) is 5.69 Å². The zero-order valence-electron chi connectivity index (χ0n) is 10.4. The van der Waals surface area contributed by atoms with Crippen LogP contribution in [0.25, 0.3) is 0 Å². The second-order valence-corrected chi connectivity index (χ2v) is 4.10. The Labute approximate surface area is 107 Å². The lowest BCUT2D eigenvalue weighted by Gasteiger charge is -2.22. The summed E-state index contributed by atoms with van der Waals surface area (Å²) in [6.07, 6.45) is 0. The summed E-state index contributed by atoms with van der Waals surface area (Å²) in [5.41, 5.74) is 1.67. The Hall–Kier alpha value is -1.99. The zero-order valence-corrected chi connectivity index (χ0v) is 10.4. The average Bonchev–Trinajstić information content (AvgIpc) is 2.37. The van der Waals surface area contributed by atoms with Crippen LogP contribution in [0.5, 0.6) is 0 Å². The Bertz CT molecular complexity index is 482. The first kappa shape index (κ1) is 12.5. The Kier molecular flexibility index (Phi) is 4.21. The van der Waals surface area contributed by atoms with E-state index in [9.17, 15) is 4.79 Å². The highest BCUT2D eigenvalue weighted by Gasteiger charge is 2.05. The van der Waals surface area contributed by atoms with Crippen LogP contribution < -0.4 is 5.32 Å². The van der Waals surface area contributed by atoms with Crippen molar-refractivity contribution in [3.05, 3.63) is 29.8 Å². The van der Waals surface area contributed by atoms with Gasteiger partial charge in [-0.1, -0.05) is 6.07 Å².